The first-order valence-electron chi connectivity index (χ1n) is 5.00. The molecular weight excluding hydrogens is 196 g/mol. The van der Waals surface area contributed by atoms with Gasteiger partial charge in [-0.25, -0.2) is 14.6 Å². The van der Waals surface area contributed by atoms with Crippen molar-refractivity contribution >= 4 is 5.97 Å². The third-order valence-corrected chi connectivity index (χ3v) is 1.94. The molecule has 0 saturated carbocycles. The summed E-state index contributed by atoms with van der Waals surface area (Å²) < 4.78 is 5.18. The van der Waals surface area contributed by atoms with Gasteiger partial charge in [0.25, 0.3) is 0 Å². The molecule has 0 amide bonds. The van der Waals surface area contributed by atoms with Gasteiger partial charge >= 0.3 is 5.97 Å². The van der Waals surface area contributed by atoms with Gasteiger partial charge in [-0.15, -0.1) is 0 Å². The first-order chi connectivity index (χ1) is 6.79. The largest absolute Gasteiger partial charge is 0.458 e. The summed E-state index contributed by atoms with van der Waals surface area (Å²) >= 11 is 0. The van der Waals surface area contributed by atoms with Gasteiger partial charge in [0.15, 0.2) is 6.10 Å². The van der Waals surface area contributed by atoms with E-state index in [9.17, 15) is 4.79 Å². The molecule has 0 radical (unpaired) electrons. The molecule has 86 valence electrons. The molecule has 1 rings (SSSR count). The lowest BCUT2D eigenvalue weighted by atomic mass is 10.1. The summed E-state index contributed by atoms with van der Waals surface area (Å²) in [5.41, 5.74) is 0.350. The van der Waals surface area contributed by atoms with Gasteiger partial charge < -0.3 is 4.74 Å². The summed E-state index contributed by atoms with van der Waals surface area (Å²) in [6, 6.07) is 0. The minimum atomic E-state index is -0.633. The summed E-state index contributed by atoms with van der Waals surface area (Å²) in [5, 5.41) is 0. The Morgan fingerprint density at radius 2 is 1.87 bits per heavy atom. The number of hydrogen-bond donors (Lipinski definition) is 0. The second kappa shape index (κ2) is 4.33. The SMILES string of the molecule is C=C(C)[C@@H]1C[C@H](C(=O)OC(C)(C)C)OO1. The Morgan fingerprint density at radius 3 is 2.27 bits per heavy atom. The number of rotatable bonds is 2. The Kier molecular flexibility index (Phi) is 3.52. The molecule has 1 aliphatic rings. The van der Waals surface area contributed by atoms with Crippen LogP contribution in [0.25, 0.3) is 0 Å². The van der Waals surface area contributed by atoms with E-state index in [-0.39, 0.29) is 12.1 Å². The molecule has 2 atom stereocenters. The molecule has 0 N–H and O–H groups in total. The van der Waals surface area contributed by atoms with Gasteiger partial charge in [0.2, 0.25) is 0 Å². The average Bonchev–Trinajstić information content (AvgIpc) is 2.47. The molecule has 0 unspecified atom stereocenters. The second-order valence-electron chi connectivity index (χ2n) is 4.79. The van der Waals surface area contributed by atoms with Gasteiger partial charge in [-0.05, 0) is 33.3 Å². The monoisotopic (exact) mass is 214 g/mol. The van der Waals surface area contributed by atoms with Crippen LogP contribution in [-0.4, -0.2) is 23.8 Å². The molecule has 0 aromatic rings. The van der Waals surface area contributed by atoms with Crippen LogP contribution in [0.4, 0.5) is 0 Å². The lowest BCUT2D eigenvalue weighted by Gasteiger charge is -2.20. The van der Waals surface area contributed by atoms with Crippen LogP contribution >= 0.6 is 0 Å². The maximum atomic E-state index is 11.6. The molecular formula is C11H18O4. The molecule has 1 fully saturated rings. The maximum absolute atomic E-state index is 11.6. The fourth-order valence-corrected chi connectivity index (χ4v) is 1.19. The van der Waals surface area contributed by atoms with Crippen molar-refractivity contribution < 1.29 is 19.3 Å². The van der Waals surface area contributed by atoms with Crippen LogP contribution in [0.2, 0.25) is 0 Å². The van der Waals surface area contributed by atoms with E-state index < -0.39 is 11.7 Å². The smallest absolute Gasteiger partial charge is 0.339 e. The fourth-order valence-electron chi connectivity index (χ4n) is 1.19. The van der Waals surface area contributed by atoms with Gasteiger partial charge in [-0.2, -0.15) is 0 Å². The minimum absolute atomic E-state index is 0.206. The van der Waals surface area contributed by atoms with Crippen LogP contribution in [0, 0.1) is 0 Å². The number of carbonyl (C=O) groups is 1. The van der Waals surface area contributed by atoms with E-state index in [1.54, 1.807) is 0 Å². The zero-order chi connectivity index (χ0) is 11.6. The van der Waals surface area contributed by atoms with Crippen LogP contribution in [0.3, 0.4) is 0 Å². The highest BCUT2D eigenvalue weighted by atomic mass is 17.2. The zero-order valence-electron chi connectivity index (χ0n) is 9.70. The van der Waals surface area contributed by atoms with Gasteiger partial charge in [0, 0.05) is 6.42 Å². The number of ether oxygens (including phenoxy) is 1. The molecule has 4 heteroatoms. The highest BCUT2D eigenvalue weighted by Crippen LogP contribution is 2.24. The van der Waals surface area contributed by atoms with E-state index in [1.165, 1.54) is 0 Å². The number of hydrogen-bond acceptors (Lipinski definition) is 4. The van der Waals surface area contributed by atoms with Crippen molar-refractivity contribution in [1.82, 2.24) is 0 Å². The third-order valence-electron chi connectivity index (χ3n) is 1.94. The Bertz CT molecular complexity index is 264. The Labute approximate surface area is 90.1 Å². The molecule has 0 spiro atoms. The zero-order valence-corrected chi connectivity index (χ0v) is 9.70. The number of carbonyl (C=O) groups excluding carboxylic acids is 1. The predicted octanol–water partition coefficient (Wildman–Crippen LogP) is 1.99. The van der Waals surface area contributed by atoms with Crippen molar-refractivity contribution in [1.29, 1.82) is 0 Å². The van der Waals surface area contributed by atoms with Crippen molar-refractivity contribution in [2.75, 3.05) is 0 Å². The lowest BCUT2D eigenvalue weighted by Crippen LogP contribution is -2.31. The summed E-state index contributed by atoms with van der Waals surface area (Å²) in [4.78, 5) is 21.4. The summed E-state index contributed by atoms with van der Waals surface area (Å²) in [5.74, 6) is -0.383. The van der Waals surface area contributed by atoms with E-state index in [1.807, 2.05) is 27.7 Å². The summed E-state index contributed by atoms with van der Waals surface area (Å²) in [6.45, 7) is 11.0. The minimum Gasteiger partial charge on any atom is -0.458 e. The van der Waals surface area contributed by atoms with E-state index in [0.29, 0.717) is 6.42 Å². The molecule has 1 saturated heterocycles. The number of esters is 1. The Morgan fingerprint density at radius 1 is 1.33 bits per heavy atom. The first kappa shape index (κ1) is 12.2. The van der Waals surface area contributed by atoms with E-state index in [2.05, 4.69) is 6.58 Å². The summed E-state index contributed by atoms with van der Waals surface area (Å²) in [7, 11) is 0. The molecule has 15 heavy (non-hydrogen) atoms. The van der Waals surface area contributed by atoms with E-state index >= 15 is 0 Å². The van der Waals surface area contributed by atoms with Crippen LogP contribution in [-0.2, 0) is 19.3 Å². The molecule has 0 aromatic heterocycles. The van der Waals surface area contributed by atoms with Crippen LogP contribution in [0.1, 0.15) is 34.1 Å². The molecule has 0 bridgehead atoms. The standard InChI is InChI=1S/C11H18O4/c1-7(2)8-6-9(15-14-8)10(12)13-11(3,4)5/h8-9H,1,6H2,2-5H3/t8-,9+/m0/s1. The molecule has 1 heterocycles. The highest BCUT2D eigenvalue weighted by molar-refractivity contribution is 5.75. The predicted molar refractivity (Wildman–Crippen MR) is 55.0 cm³/mol. The van der Waals surface area contributed by atoms with Crippen molar-refractivity contribution in [3.05, 3.63) is 12.2 Å². The van der Waals surface area contributed by atoms with Gasteiger partial charge in [0.1, 0.15) is 11.7 Å². The molecule has 0 aliphatic carbocycles. The Balaban J connectivity index is 2.47. The van der Waals surface area contributed by atoms with Crippen molar-refractivity contribution in [2.45, 2.75) is 51.9 Å². The summed E-state index contributed by atoms with van der Waals surface area (Å²) in [6.07, 6.45) is -0.363. The molecule has 1 aliphatic heterocycles. The third kappa shape index (κ3) is 3.64. The Hall–Kier alpha value is -0.870. The quantitative estimate of drug-likeness (QED) is 0.400. The van der Waals surface area contributed by atoms with Crippen molar-refractivity contribution in [3.8, 4) is 0 Å². The van der Waals surface area contributed by atoms with E-state index in [4.69, 9.17) is 14.5 Å². The van der Waals surface area contributed by atoms with Gasteiger partial charge in [-0.1, -0.05) is 6.58 Å². The normalized spacial score (nSPS) is 26.4. The maximum Gasteiger partial charge on any atom is 0.339 e. The fraction of sp³-hybridized carbons (Fsp3) is 0.727. The van der Waals surface area contributed by atoms with Crippen LogP contribution in [0.15, 0.2) is 12.2 Å². The van der Waals surface area contributed by atoms with Crippen LogP contribution < -0.4 is 0 Å². The lowest BCUT2D eigenvalue weighted by molar-refractivity contribution is -0.290. The first-order valence-corrected chi connectivity index (χ1v) is 5.00. The second-order valence-corrected chi connectivity index (χ2v) is 4.79. The van der Waals surface area contributed by atoms with Crippen LogP contribution in [0.5, 0.6) is 0 Å². The van der Waals surface area contributed by atoms with Gasteiger partial charge in [-0.3, -0.25) is 0 Å². The van der Waals surface area contributed by atoms with Crippen molar-refractivity contribution in [3.63, 3.8) is 0 Å². The van der Waals surface area contributed by atoms with Crippen molar-refractivity contribution in [2.24, 2.45) is 0 Å². The highest BCUT2D eigenvalue weighted by Gasteiger charge is 2.36. The molecule has 4 nitrogen and oxygen atoms in total. The van der Waals surface area contributed by atoms with E-state index in [0.717, 1.165) is 5.57 Å². The molecule has 0 aromatic carbocycles. The van der Waals surface area contributed by atoms with Gasteiger partial charge in [0.05, 0.1) is 0 Å². The topological polar surface area (TPSA) is 44.8 Å². The average molecular weight is 214 g/mol.